The summed E-state index contributed by atoms with van der Waals surface area (Å²) in [4.78, 5) is 16.0. The van der Waals surface area contributed by atoms with E-state index < -0.39 is 6.23 Å². The molecule has 0 bridgehead atoms. The number of ether oxygens (including phenoxy) is 2. The van der Waals surface area contributed by atoms with Crippen LogP contribution in [0, 0.1) is 0 Å². The zero-order chi connectivity index (χ0) is 19.8. The van der Waals surface area contributed by atoms with Crippen LogP contribution >= 0.6 is 0 Å². The molecule has 2 aliphatic heterocycles. The van der Waals surface area contributed by atoms with Gasteiger partial charge in [-0.3, -0.25) is 4.90 Å². The van der Waals surface area contributed by atoms with Crippen LogP contribution in [0.25, 0.3) is 10.8 Å². The van der Waals surface area contributed by atoms with Crippen molar-refractivity contribution in [2.24, 2.45) is 0 Å². The Balaban J connectivity index is 1.27. The van der Waals surface area contributed by atoms with Crippen molar-refractivity contribution < 1.29 is 19.4 Å². The Labute approximate surface area is 168 Å². The van der Waals surface area contributed by atoms with Gasteiger partial charge in [0.25, 0.3) is 0 Å². The van der Waals surface area contributed by atoms with Crippen molar-refractivity contribution in [1.29, 1.82) is 0 Å². The molecule has 2 saturated heterocycles. The number of fused-ring (bicyclic) bond motifs is 1. The minimum Gasteiger partial charge on any atom is -0.442 e. The molecule has 1 aromatic heterocycles. The molecule has 2 aliphatic rings. The van der Waals surface area contributed by atoms with Gasteiger partial charge in [0.1, 0.15) is 6.10 Å². The van der Waals surface area contributed by atoms with Crippen LogP contribution in [0.4, 0.5) is 16.2 Å². The Morgan fingerprint density at radius 3 is 2.38 bits per heavy atom. The van der Waals surface area contributed by atoms with Gasteiger partial charge in [-0.15, -0.1) is 0 Å². The van der Waals surface area contributed by atoms with E-state index >= 15 is 0 Å². The van der Waals surface area contributed by atoms with E-state index in [-0.39, 0.29) is 12.2 Å². The van der Waals surface area contributed by atoms with Crippen molar-refractivity contribution in [3.05, 3.63) is 60.9 Å². The van der Waals surface area contributed by atoms with E-state index in [1.807, 2.05) is 41.3 Å². The summed E-state index contributed by atoms with van der Waals surface area (Å²) in [6.45, 7) is 2.66. The molecule has 0 radical (unpaired) electrons. The summed E-state index contributed by atoms with van der Waals surface area (Å²) in [6.07, 6.45) is 2.98. The maximum absolute atomic E-state index is 12.4. The molecule has 150 valence electrons. The molecular formula is C22H23N3O4. The number of amides is 1. The highest BCUT2D eigenvalue weighted by molar-refractivity contribution is 5.90. The second kappa shape index (κ2) is 7.42. The van der Waals surface area contributed by atoms with Gasteiger partial charge in [0.2, 0.25) is 0 Å². The van der Waals surface area contributed by atoms with E-state index in [0.717, 1.165) is 11.4 Å². The Morgan fingerprint density at radius 2 is 1.69 bits per heavy atom. The predicted molar refractivity (Wildman–Crippen MR) is 110 cm³/mol. The maximum atomic E-state index is 12.4. The number of carbonyl (C=O) groups is 1. The van der Waals surface area contributed by atoms with Gasteiger partial charge < -0.3 is 24.0 Å². The normalized spacial score (nSPS) is 22.3. The van der Waals surface area contributed by atoms with Crippen molar-refractivity contribution >= 4 is 28.2 Å². The second-order valence-corrected chi connectivity index (χ2v) is 7.47. The van der Waals surface area contributed by atoms with Crippen LogP contribution in [0.5, 0.6) is 0 Å². The number of cyclic esters (lactones) is 1. The van der Waals surface area contributed by atoms with E-state index in [9.17, 15) is 9.90 Å². The Kier molecular flexibility index (Phi) is 4.61. The molecule has 0 unspecified atom stereocenters. The third-order valence-corrected chi connectivity index (χ3v) is 5.49. The predicted octanol–water partition coefficient (Wildman–Crippen LogP) is 2.82. The first-order valence-corrected chi connectivity index (χ1v) is 9.82. The molecule has 29 heavy (non-hydrogen) atoms. The fraction of sp³-hybridized carbons (Fsp3) is 0.318. The first kappa shape index (κ1) is 18.0. The standard InChI is InChI=1S/C22H23N3O4/c26-21-15-28-10-9-24(21)18-5-7-19(8-6-18)25-14-20(29-22(25)27)13-23-11-16-3-1-2-4-17(16)12-23/h1-8,11-12,20-21,26H,9-10,13-15H2/t20-,21-/m0/s1. The minimum atomic E-state index is -0.646. The quantitative estimate of drug-likeness (QED) is 0.738. The van der Waals surface area contributed by atoms with Gasteiger partial charge in [0, 0.05) is 30.3 Å². The van der Waals surface area contributed by atoms with Crippen molar-refractivity contribution in [1.82, 2.24) is 4.57 Å². The van der Waals surface area contributed by atoms with E-state index in [4.69, 9.17) is 9.47 Å². The van der Waals surface area contributed by atoms with E-state index in [2.05, 4.69) is 29.1 Å². The molecule has 3 aromatic rings. The van der Waals surface area contributed by atoms with E-state index in [1.54, 1.807) is 4.90 Å². The number of aromatic nitrogens is 1. The molecule has 2 atom stereocenters. The molecule has 1 amide bonds. The van der Waals surface area contributed by atoms with Crippen LogP contribution < -0.4 is 9.80 Å². The monoisotopic (exact) mass is 393 g/mol. The first-order valence-electron chi connectivity index (χ1n) is 9.82. The average Bonchev–Trinajstić information content (AvgIpc) is 3.31. The fourth-order valence-corrected chi connectivity index (χ4v) is 4.02. The lowest BCUT2D eigenvalue weighted by Crippen LogP contribution is -2.45. The number of nitrogens with zero attached hydrogens (tertiary/aromatic N) is 3. The Hall–Kier alpha value is -3.03. The molecule has 3 heterocycles. The van der Waals surface area contributed by atoms with Gasteiger partial charge in [-0.2, -0.15) is 0 Å². The molecule has 0 saturated carbocycles. The van der Waals surface area contributed by atoms with Gasteiger partial charge in [0.15, 0.2) is 6.23 Å². The third kappa shape index (κ3) is 3.54. The van der Waals surface area contributed by atoms with Crippen LogP contribution in [0.2, 0.25) is 0 Å². The first-order chi connectivity index (χ1) is 14.2. The number of anilines is 2. The lowest BCUT2D eigenvalue weighted by atomic mass is 10.2. The molecule has 0 spiro atoms. The summed E-state index contributed by atoms with van der Waals surface area (Å²) < 4.78 is 12.9. The van der Waals surface area contributed by atoms with E-state index in [0.29, 0.717) is 32.8 Å². The molecule has 2 fully saturated rings. The lowest BCUT2D eigenvalue weighted by molar-refractivity contribution is 0.00633. The molecule has 7 nitrogen and oxygen atoms in total. The topological polar surface area (TPSA) is 67.2 Å². The lowest BCUT2D eigenvalue weighted by Gasteiger charge is -2.34. The second-order valence-electron chi connectivity index (χ2n) is 7.47. The van der Waals surface area contributed by atoms with E-state index in [1.165, 1.54) is 10.8 Å². The highest BCUT2D eigenvalue weighted by atomic mass is 16.6. The van der Waals surface area contributed by atoms with Crippen LogP contribution in [0.1, 0.15) is 0 Å². The van der Waals surface area contributed by atoms with Crippen LogP contribution in [-0.4, -0.2) is 54.4 Å². The van der Waals surface area contributed by atoms with Crippen molar-refractivity contribution in [2.45, 2.75) is 18.9 Å². The summed E-state index contributed by atoms with van der Waals surface area (Å²) in [5.41, 5.74) is 1.70. The summed E-state index contributed by atoms with van der Waals surface area (Å²) in [5.74, 6) is 0. The Bertz CT molecular complexity index is 983. The molecule has 2 aromatic carbocycles. The van der Waals surface area contributed by atoms with Crippen LogP contribution in [0.3, 0.4) is 0 Å². The van der Waals surface area contributed by atoms with Gasteiger partial charge >= 0.3 is 6.09 Å². The summed E-state index contributed by atoms with van der Waals surface area (Å²) >= 11 is 0. The maximum Gasteiger partial charge on any atom is 0.414 e. The van der Waals surface area contributed by atoms with Crippen molar-refractivity contribution in [2.75, 3.05) is 36.1 Å². The SMILES string of the molecule is O=C1O[C@@H](Cn2cc3ccccc3c2)CN1c1ccc(N2CCOC[C@@H]2O)cc1. The largest absolute Gasteiger partial charge is 0.442 e. The van der Waals surface area contributed by atoms with Gasteiger partial charge in [-0.05, 0) is 35.0 Å². The molecule has 7 heteroatoms. The smallest absolute Gasteiger partial charge is 0.414 e. The number of hydrogen-bond donors (Lipinski definition) is 1. The van der Waals surface area contributed by atoms with Crippen molar-refractivity contribution in [3.8, 4) is 0 Å². The minimum absolute atomic E-state index is 0.204. The van der Waals surface area contributed by atoms with Crippen molar-refractivity contribution in [3.63, 3.8) is 0 Å². The fourth-order valence-electron chi connectivity index (χ4n) is 4.02. The van der Waals surface area contributed by atoms with Crippen LogP contribution in [0.15, 0.2) is 60.9 Å². The number of aliphatic hydroxyl groups is 1. The number of morpholine rings is 1. The molecule has 0 aliphatic carbocycles. The molecular weight excluding hydrogens is 370 g/mol. The molecule has 1 N–H and O–H groups in total. The highest BCUT2D eigenvalue weighted by Crippen LogP contribution is 2.27. The van der Waals surface area contributed by atoms with Crippen LogP contribution in [-0.2, 0) is 16.0 Å². The van der Waals surface area contributed by atoms with Gasteiger partial charge in [-0.1, -0.05) is 24.3 Å². The molecule has 5 rings (SSSR count). The number of hydrogen-bond acceptors (Lipinski definition) is 5. The number of carbonyl (C=O) groups excluding carboxylic acids is 1. The number of aliphatic hydroxyl groups excluding tert-OH is 1. The highest BCUT2D eigenvalue weighted by Gasteiger charge is 2.32. The zero-order valence-electron chi connectivity index (χ0n) is 16.0. The number of benzene rings is 2. The Morgan fingerprint density at radius 1 is 1.00 bits per heavy atom. The number of rotatable bonds is 4. The van der Waals surface area contributed by atoms with Gasteiger partial charge in [-0.25, -0.2) is 4.79 Å². The summed E-state index contributed by atoms with van der Waals surface area (Å²) in [6, 6.07) is 15.8. The summed E-state index contributed by atoms with van der Waals surface area (Å²) in [5, 5.41) is 12.4. The van der Waals surface area contributed by atoms with Gasteiger partial charge in [0.05, 0.1) is 26.3 Å². The third-order valence-electron chi connectivity index (χ3n) is 5.49. The zero-order valence-corrected chi connectivity index (χ0v) is 16.0. The average molecular weight is 393 g/mol. The summed E-state index contributed by atoms with van der Waals surface area (Å²) in [7, 11) is 0.